The molecule has 0 radical (unpaired) electrons. The third-order valence-electron chi connectivity index (χ3n) is 3.98. The molecule has 0 saturated carbocycles. The smallest absolute Gasteiger partial charge is 0.144 e. The number of nitrogen functional groups attached to an aromatic ring is 1. The molecule has 21 heavy (non-hydrogen) atoms. The van der Waals surface area contributed by atoms with Gasteiger partial charge in [0.1, 0.15) is 5.75 Å². The number of para-hydroxylation sites is 2. The van der Waals surface area contributed by atoms with Crippen molar-refractivity contribution in [1.82, 2.24) is 0 Å². The van der Waals surface area contributed by atoms with Crippen molar-refractivity contribution in [1.29, 1.82) is 0 Å². The largest absolute Gasteiger partial charge is 0.492 e. The van der Waals surface area contributed by atoms with Crippen LogP contribution in [0.2, 0.25) is 0 Å². The van der Waals surface area contributed by atoms with Gasteiger partial charge < -0.3 is 15.4 Å². The van der Waals surface area contributed by atoms with Crippen LogP contribution in [0.15, 0.2) is 42.5 Å². The molecule has 0 saturated heterocycles. The van der Waals surface area contributed by atoms with E-state index in [0.717, 1.165) is 30.1 Å². The molecule has 3 heteroatoms. The first-order valence-corrected chi connectivity index (χ1v) is 7.57. The molecule has 2 aromatic carbocycles. The van der Waals surface area contributed by atoms with Crippen LogP contribution in [0.4, 0.5) is 17.1 Å². The minimum absolute atomic E-state index is 0.607. The standard InChI is InChI=1S/C18H22N2O/c1-3-21-17-10-6-9-16(18(17)19)20-12-13(2)11-14-7-4-5-8-15(14)20/h4-10,13H,3,11-12,19H2,1-2H3. The molecule has 1 atom stereocenters. The van der Waals surface area contributed by atoms with Crippen LogP contribution in [-0.4, -0.2) is 13.2 Å². The van der Waals surface area contributed by atoms with Gasteiger partial charge in [0.05, 0.1) is 18.0 Å². The molecule has 0 spiro atoms. The molecule has 0 aliphatic carbocycles. The summed E-state index contributed by atoms with van der Waals surface area (Å²) in [6, 6.07) is 14.6. The van der Waals surface area contributed by atoms with Crippen molar-refractivity contribution < 1.29 is 4.74 Å². The average Bonchev–Trinajstić information content (AvgIpc) is 2.49. The van der Waals surface area contributed by atoms with E-state index in [1.54, 1.807) is 0 Å². The molecule has 2 N–H and O–H groups in total. The predicted octanol–water partition coefficient (Wildman–Crippen LogP) is 4.00. The summed E-state index contributed by atoms with van der Waals surface area (Å²) in [6.07, 6.45) is 1.12. The summed E-state index contributed by atoms with van der Waals surface area (Å²) in [6.45, 7) is 5.87. The van der Waals surface area contributed by atoms with E-state index in [1.165, 1.54) is 11.3 Å². The van der Waals surface area contributed by atoms with Gasteiger partial charge in [-0.05, 0) is 43.0 Å². The molecule has 2 aromatic rings. The van der Waals surface area contributed by atoms with Crippen molar-refractivity contribution in [2.75, 3.05) is 23.8 Å². The first-order chi connectivity index (χ1) is 10.2. The van der Waals surface area contributed by atoms with Crippen molar-refractivity contribution >= 4 is 17.1 Å². The minimum atomic E-state index is 0.607. The van der Waals surface area contributed by atoms with E-state index in [9.17, 15) is 0 Å². The Hall–Kier alpha value is -2.16. The van der Waals surface area contributed by atoms with Crippen molar-refractivity contribution in [2.24, 2.45) is 5.92 Å². The quantitative estimate of drug-likeness (QED) is 0.865. The molecule has 0 aromatic heterocycles. The second-order valence-electron chi connectivity index (χ2n) is 5.67. The number of fused-ring (bicyclic) bond motifs is 1. The maximum Gasteiger partial charge on any atom is 0.144 e. The van der Waals surface area contributed by atoms with Crippen LogP contribution in [0.1, 0.15) is 19.4 Å². The van der Waals surface area contributed by atoms with E-state index in [4.69, 9.17) is 10.5 Å². The maximum absolute atomic E-state index is 6.34. The summed E-state index contributed by atoms with van der Waals surface area (Å²) in [5.74, 6) is 1.38. The van der Waals surface area contributed by atoms with Crippen molar-refractivity contribution in [3.8, 4) is 5.75 Å². The molecule has 3 rings (SSSR count). The Labute approximate surface area is 126 Å². The second-order valence-corrected chi connectivity index (χ2v) is 5.67. The van der Waals surface area contributed by atoms with Gasteiger partial charge >= 0.3 is 0 Å². The number of benzene rings is 2. The third kappa shape index (κ3) is 2.56. The van der Waals surface area contributed by atoms with Crippen LogP contribution >= 0.6 is 0 Å². The molecular weight excluding hydrogens is 260 g/mol. The maximum atomic E-state index is 6.34. The summed E-state index contributed by atoms with van der Waals surface area (Å²) < 4.78 is 5.63. The van der Waals surface area contributed by atoms with Crippen LogP contribution in [0, 0.1) is 5.92 Å². The second kappa shape index (κ2) is 5.68. The van der Waals surface area contributed by atoms with Gasteiger partial charge in [0.15, 0.2) is 0 Å². The molecule has 1 aliphatic heterocycles. The number of hydrogen-bond acceptors (Lipinski definition) is 3. The van der Waals surface area contributed by atoms with Crippen molar-refractivity contribution in [2.45, 2.75) is 20.3 Å². The fraction of sp³-hybridized carbons (Fsp3) is 0.333. The third-order valence-corrected chi connectivity index (χ3v) is 3.98. The van der Waals surface area contributed by atoms with Crippen LogP contribution in [0.3, 0.4) is 0 Å². The summed E-state index contributed by atoms with van der Waals surface area (Å²) in [5.41, 5.74) is 10.7. The van der Waals surface area contributed by atoms with Gasteiger partial charge in [0.2, 0.25) is 0 Å². The Morgan fingerprint density at radius 3 is 2.71 bits per heavy atom. The van der Waals surface area contributed by atoms with Gasteiger partial charge in [-0.1, -0.05) is 31.2 Å². The first kappa shape index (κ1) is 13.8. The lowest BCUT2D eigenvalue weighted by molar-refractivity contribution is 0.342. The molecular formula is C18H22N2O. The van der Waals surface area contributed by atoms with Gasteiger partial charge in [0, 0.05) is 12.2 Å². The fourth-order valence-corrected chi connectivity index (χ4v) is 3.07. The topological polar surface area (TPSA) is 38.5 Å². The summed E-state index contributed by atoms with van der Waals surface area (Å²) in [5, 5.41) is 0. The number of rotatable bonds is 3. The lowest BCUT2D eigenvalue weighted by atomic mass is 9.93. The highest BCUT2D eigenvalue weighted by atomic mass is 16.5. The number of anilines is 3. The summed E-state index contributed by atoms with van der Waals surface area (Å²) in [7, 11) is 0. The molecule has 0 amide bonds. The van der Waals surface area contributed by atoms with Gasteiger partial charge in [-0.25, -0.2) is 0 Å². The van der Waals surface area contributed by atoms with Crippen molar-refractivity contribution in [3.63, 3.8) is 0 Å². The molecule has 3 nitrogen and oxygen atoms in total. The zero-order valence-electron chi connectivity index (χ0n) is 12.7. The Balaban J connectivity index is 2.07. The summed E-state index contributed by atoms with van der Waals surface area (Å²) in [4.78, 5) is 2.32. The van der Waals surface area contributed by atoms with E-state index in [-0.39, 0.29) is 0 Å². The number of ether oxygens (including phenoxy) is 1. The Kier molecular flexibility index (Phi) is 3.74. The lowest BCUT2D eigenvalue weighted by Crippen LogP contribution is -2.30. The highest BCUT2D eigenvalue weighted by molar-refractivity contribution is 5.80. The molecule has 110 valence electrons. The van der Waals surface area contributed by atoms with Crippen LogP contribution in [0.5, 0.6) is 5.75 Å². The Bertz CT molecular complexity index is 639. The van der Waals surface area contributed by atoms with Crippen LogP contribution in [0.25, 0.3) is 0 Å². The van der Waals surface area contributed by atoms with Gasteiger partial charge in [-0.15, -0.1) is 0 Å². The predicted molar refractivity (Wildman–Crippen MR) is 88.3 cm³/mol. The lowest BCUT2D eigenvalue weighted by Gasteiger charge is -2.35. The molecule has 1 unspecified atom stereocenters. The fourth-order valence-electron chi connectivity index (χ4n) is 3.07. The van der Waals surface area contributed by atoms with E-state index in [2.05, 4.69) is 42.2 Å². The number of nitrogens with zero attached hydrogens (tertiary/aromatic N) is 1. The molecule has 1 heterocycles. The molecule has 1 aliphatic rings. The molecule has 0 bridgehead atoms. The van der Waals surface area contributed by atoms with Gasteiger partial charge in [0.25, 0.3) is 0 Å². The monoisotopic (exact) mass is 282 g/mol. The number of hydrogen-bond donors (Lipinski definition) is 1. The van der Waals surface area contributed by atoms with Crippen molar-refractivity contribution in [3.05, 3.63) is 48.0 Å². The summed E-state index contributed by atoms with van der Waals surface area (Å²) >= 11 is 0. The molecule has 0 fully saturated rings. The minimum Gasteiger partial charge on any atom is -0.492 e. The Morgan fingerprint density at radius 1 is 1.14 bits per heavy atom. The van der Waals surface area contributed by atoms with Crippen LogP contribution in [-0.2, 0) is 6.42 Å². The van der Waals surface area contributed by atoms with E-state index in [0.29, 0.717) is 12.5 Å². The normalized spacial score (nSPS) is 17.4. The first-order valence-electron chi connectivity index (χ1n) is 7.57. The average molecular weight is 282 g/mol. The van der Waals surface area contributed by atoms with Crippen LogP contribution < -0.4 is 15.4 Å². The van der Waals surface area contributed by atoms with E-state index in [1.807, 2.05) is 19.1 Å². The zero-order valence-corrected chi connectivity index (χ0v) is 12.7. The Morgan fingerprint density at radius 2 is 1.90 bits per heavy atom. The zero-order chi connectivity index (χ0) is 14.8. The SMILES string of the molecule is CCOc1cccc(N2CC(C)Cc3ccccc32)c1N. The van der Waals surface area contributed by atoms with Gasteiger partial charge in [-0.2, -0.15) is 0 Å². The van der Waals surface area contributed by atoms with E-state index < -0.39 is 0 Å². The van der Waals surface area contributed by atoms with E-state index >= 15 is 0 Å². The number of nitrogens with two attached hydrogens (primary N) is 1. The van der Waals surface area contributed by atoms with Gasteiger partial charge in [-0.3, -0.25) is 0 Å². The highest BCUT2D eigenvalue weighted by Crippen LogP contribution is 2.40. The highest BCUT2D eigenvalue weighted by Gasteiger charge is 2.24.